The van der Waals surface area contributed by atoms with Crippen LogP contribution < -0.4 is 5.32 Å². The molecule has 6 rings (SSSR count). The second-order valence-corrected chi connectivity index (χ2v) is 14.0. The van der Waals surface area contributed by atoms with Gasteiger partial charge in [-0.25, -0.2) is 17.9 Å². The third-order valence-electron chi connectivity index (χ3n) is 7.51. The molecule has 10 nitrogen and oxygen atoms in total. The number of aldehydes is 1. The Morgan fingerprint density at radius 1 is 0.646 bits per heavy atom. The van der Waals surface area contributed by atoms with E-state index in [1.54, 1.807) is 49.5 Å². The highest BCUT2D eigenvalue weighted by molar-refractivity contribution is 7.90. The number of carbonyl (C=O) groups is 1. The van der Waals surface area contributed by atoms with Crippen molar-refractivity contribution >= 4 is 38.7 Å². The van der Waals surface area contributed by atoms with Gasteiger partial charge in [0, 0.05) is 36.9 Å². The molecule has 13 heteroatoms. The van der Waals surface area contributed by atoms with Crippen molar-refractivity contribution in [1.82, 2.24) is 23.2 Å². The van der Waals surface area contributed by atoms with E-state index in [9.17, 15) is 21.6 Å². The predicted octanol–water partition coefficient (Wildman–Crippen LogP) is 6.14. The molecule has 48 heavy (non-hydrogen) atoms. The Morgan fingerprint density at radius 3 is 1.50 bits per heavy atom. The van der Waals surface area contributed by atoms with Crippen molar-refractivity contribution in [3.8, 4) is 22.5 Å². The van der Waals surface area contributed by atoms with Crippen LogP contribution >= 0.6 is 12.4 Å². The molecule has 6 aromatic rings. The lowest BCUT2D eigenvalue weighted by Crippen LogP contribution is -2.15. The van der Waals surface area contributed by atoms with Gasteiger partial charge < -0.3 is 5.32 Å². The summed E-state index contributed by atoms with van der Waals surface area (Å²) >= 11 is 0. The quantitative estimate of drug-likeness (QED) is 0.178. The van der Waals surface area contributed by atoms with Gasteiger partial charge in [-0.05, 0) is 73.0 Å². The molecule has 1 N–H and O–H groups in total. The van der Waals surface area contributed by atoms with Gasteiger partial charge in [0.05, 0.1) is 11.4 Å². The monoisotopic (exact) mass is 703 g/mol. The summed E-state index contributed by atoms with van der Waals surface area (Å²) in [5.41, 5.74) is 5.55. The Balaban J connectivity index is 0.000000212. The minimum atomic E-state index is -3.88. The van der Waals surface area contributed by atoms with Crippen molar-refractivity contribution in [2.75, 3.05) is 7.05 Å². The van der Waals surface area contributed by atoms with Crippen LogP contribution in [0.15, 0.2) is 132 Å². The van der Waals surface area contributed by atoms with Gasteiger partial charge in [0.25, 0.3) is 20.0 Å². The number of carbonyl (C=O) groups excluding carboxylic acids is 1. The first kappa shape index (κ1) is 36.0. The van der Waals surface area contributed by atoms with E-state index < -0.39 is 20.0 Å². The number of hydrogen-bond donors (Lipinski definition) is 1. The number of nitrogens with one attached hydrogen (secondary N) is 1. The molecule has 0 fully saturated rings. The van der Waals surface area contributed by atoms with Crippen LogP contribution in [0.25, 0.3) is 22.5 Å². The molecule has 4 heterocycles. The van der Waals surface area contributed by atoms with Crippen LogP contribution in [0, 0.1) is 13.8 Å². The molecule has 0 atom stereocenters. The van der Waals surface area contributed by atoms with E-state index in [0.717, 1.165) is 26.2 Å². The zero-order valence-electron chi connectivity index (χ0n) is 26.4. The fraction of sp³-hybridized carbons (Fsp3) is 0.114. The normalized spacial score (nSPS) is 11.2. The lowest BCUT2D eigenvalue weighted by molar-refractivity contribution is 0.112. The summed E-state index contributed by atoms with van der Waals surface area (Å²) in [5, 5.41) is 3.05. The van der Waals surface area contributed by atoms with Gasteiger partial charge in [-0.15, -0.1) is 12.4 Å². The average Bonchev–Trinajstić information content (AvgIpc) is 3.63. The fourth-order valence-electron chi connectivity index (χ4n) is 5.16. The zero-order chi connectivity index (χ0) is 33.6. The second kappa shape index (κ2) is 15.3. The summed E-state index contributed by atoms with van der Waals surface area (Å²) in [7, 11) is -5.80. The van der Waals surface area contributed by atoms with Crippen molar-refractivity contribution in [3.05, 3.63) is 144 Å². The molecule has 0 radical (unpaired) electrons. The molecule has 4 aromatic heterocycles. The van der Waals surface area contributed by atoms with Gasteiger partial charge in [0.1, 0.15) is 0 Å². The highest BCUT2D eigenvalue weighted by atomic mass is 35.5. The van der Waals surface area contributed by atoms with Crippen molar-refractivity contribution in [2.24, 2.45) is 0 Å². The van der Waals surface area contributed by atoms with Gasteiger partial charge in [-0.3, -0.25) is 4.79 Å². The molecular weight excluding hydrogens is 670 g/mol. The molecule has 2 aromatic carbocycles. The van der Waals surface area contributed by atoms with E-state index in [0.29, 0.717) is 35.3 Å². The maximum Gasteiger partial charge on any atom is 0.285 e. The molecule has 0 aliphatic carbocycles. The molecule has 0 saturated heterocycles. The first-order valence-electron chi connectivity index (χ1n) is 14.6. The van der Waals surface area contributed by atoms with Gasteiger partial charge in [-0.2, -0.15) is 16.8 Å². The Hall–Kier alpha value is -4.88. The largest absolute Gasteiger partial charge is 0.316 e. The third-order valence-corrected chi connectivity index (χ3v) is 10.7. The van der Waals surface area contributed by atoms with Crippen LogP contribution in [-0.4, -0.2) is 48.1 Å². The number of rotatable bonds is 9. The molecule has 0 bridgehead atoms. The van der Waals surface area contributed by atoms with E-state index >= 15 is 0 Å². The van der Waals surface area contributed by atoms with E-state index in [4.69, 9.17) is 0 Å². The summed E-state index contributed by atoms with van der Waals surface area (Å²) in [4.78, 5) is 19.2. The molecule has 0 unspecified atom stereocenters. The van der Waals surface area contributed by atoms with Crippen LogP contribution in [0.1, 0.15) is 27.0 Å². The first-order chi connectivity index (χ1) is 22.6. The van der Waals surface area contributed by atoms with Gasteiger partial charge in [0.15, 0.2) is 16.3 Å². The molecule has 0 amide bonds. The maximum absolute atomic E-state index is 13.1. The highest BCUT2D eigenvalue weighted by Crippen LogP contribution is 2.32. The summed E-state index contributed by atoms with van der Waals surface area (Å²) in [6.45, 7) is 4.27. The maximum atomic E-state index is 13.1. The topological polar surface area (TPSA) is 133 Å². The highest BCUT2D eigenvalue weighted by Gasteiger charge is 2.26. The lowest BCUT2D eigenvalue weighted by atomic mass is 10.1. The minimum absolute atomic E-state index is 0. The van der Waals surface area contributed by atoms with Crippen LogP contribution in [0.5, 0.6) is 0 Å². The van der Waals surface area contributed by atoms with Gasteiger partial charge in [0.2, 0.25) is 0 Å². The molecule has 0 spiro atoms. The number of aromatic nitrogens is 4. The number of hydrogen-bond acceptors (Lipinski definition) is 8. The molecule has 0 aliphatic heterocycles. The number of halogens is 1. The minimum Gasteiger partial charge on any atom is -0.316 e. The van der Waals surface area contributed by atoms with Crippen molar-refractivity contribution in [3.63, 3.8) is 0 Å². The summed E-state index contributed by atoms with van der Waals surface area (Å²) in [5.74, 6) is 0. The Kier molecular flexibility index (Phi) is 11.5. The van der Waals surface area contributed by atoms with Crippen molar-refractivity contribution in [2.45, 2.75) is 30.4 Å². The zero-order valence-corrected chi connectivity index (χ0v) is 28.8. The Bertz CT molecular complexity index is 2210. The van der Waals surface area contributed by atoms with Crippen molar-refractivity contribution < 1.29 is 21.6 Å². The standard InChI is InChI=1S/C18H19N3O2S.C17H14N2O3S.ClH/c1-14-16(12-19-2)13-21(18(14)15-8-4-3-5-9-15)24(22,23)17-10-6-7-11-20-17;1-13-15(12-20)11-19(17(13)14-7-3-2-4-8-14)23(21,22)16-9-5-6-10-18-16;/h3-11,13,19H,12H2,1-2H3;2-12H,1H3;1H. The van der Waals surface area contributed by atoms with Gasteiger partial charge >= 0.3 is 0 Å². The summed E-state index contributed by atoms with van der Waals surface area (Å²) in [6, 6.07) is 28.2. The Labute approximate surface area is 286 Å². The molecule has 248 valence electrons. The van der Waals surface area contributed by atoms with Crippen molar-refractivity contribution in [1.29, 1.82) is 0 Å². The predicted molar refractivity (Wildman–Crippen MR) is 188 cm³/mol. The van der Waals surface area contributed by atoms with Crippen LogP contribution in [0.2, 0.25) is 0 Å². The van der Waals surface area contributed by atoms with Crippen LogP contribution in [-0.2, 0) is 26.6 Å². The lowest BCUT2D eigenvalue weighted by Gasteiger charge is -2.11. The number of benzene rings is 2. The SMILES string of the molecule is CNCc1cn(S(=O)(=O)c2ccccn2)c(-c2ccccc2)c1C.Cc1c(C=O)cn(S(=O)(=O)c2ccccn2)c1-c1ccccc1.Cl. The van der Waals surface area contributed by atoms with E-state index in [2.05, 4.69) is 15.3 Å². The van der Waals surface area contributed by atoms with Crippen LogP contribution in [0.3, 0.4) is 0 Å². The molecule has 0 saturated carbocycles. The van der Waals surface area contributed by atoms with Gasteiger partial charge in [-0.1, -0.05) is 72.8 Å². The van der Waals surface area contributed by atoms with E-state index in [1.165, 1.54) is 34.7 Å². The summed E-state index contributed by atoms with van der Waals surface area (Å²) < 4.78 is 54.4. The fourth-order valence-corrected chi connectivity index (χ4v) is 7.93. The molecular formula is C35H34ClN5O5S2. The number of pyridine rings is 2. The van der Waals surface area contributed by atoms with E-state index in [-0.39, 0.29) is 22.5 Å². The Morgan fingerprint density at radius 2 is 1.08 bits per heavy atom. The molecule has 0 aliphatic rings. The smallest absolute Gasteiger partial charge is 0.285 e. The summed E-state index contributed by atoms with van der Waals surface area (Å²) in [6.07, 6.45) is 6.59. The third kappa shape index (κ3) is 7.16. The number of nitrogens with zero attached hydrogens (tertiary/aromatic N) is 4. The first-order valence-corrected chi connectivity index (χ1v) is 17.5. The van der Waals surface area contributed by atoms with E-state index in [1.807, 2.05) is 62.5 Å². The average molecular weight is 704 g/mol. The second-order valence-electron chi connectivity index (χ2n) is 10.5. The van der Waals surface area contributed by atoms with Crippen LogP contribution in [0.4, 0.5) is 0 Å².